The number of hydrogen-bond acceptors (Lipinski definition) is 4. The molecule has 0 heterocycles. The number of phenolic OH excluding ortho intramolecular Hbond substituents is 1. The van der Waals surface area contributed by atoms with Gasteiger partial charge in [-0.15, -0.1) is 0 Å². The lowest BCUT2D eigenvalue weighted by Gasteiger charge is -2.28. The fourth-order valence-corrected chi connectivity index (χ4v) is 6.29. The number of aromatic hydroxyl groups is 1. The van der Waals surface area contributed by atoms with Gasteiger partial charge in [-0.1, -0.05) is 96.1 Å². The minimum Gasteiger partial charge on any atom is -0.507 e. The maximum absolute atomic E-state index is 12.6. The maximum atomic E-state index is 12.6. The number of hydrazone groups is 1. The van der Waals surface area contributed by atoms with Crippen molar-refractivity contribution < 1.29 is 14.6 Å². The molecule has 4 aromatic rings. The first-order chi connectivity index (χ1) is 19.7. The first kappa shape index (κ1) is 31.8. The Bertz CT molecular complexity index is 1570. The van der Waals surface area contributed by atoms with E-state index in [-0.39, 0.29) is 23.2 Å². The molecule has 0 unspecified atom stereocenters. The third kappa shape index (κ3) is 7.81. The molecule has 0 aliphatic rings. The minimum atomic E-state index is -0.217. The molecule has 0 spiro atoms. The third-order valence-electron chi connectivity index (χ3n) is 7.10. The van der Waals surface area contributed by atoms with Crippen LogP contribution in [-0.4, -0.2) is 17.2 Å². The van der Waals surface area contributed by atoms with Gasteiger partial charge in [-0.25, -0.2) is 5.43 Å². The molecule has 0 saturated heterocycles. The summed E-state index contributed by atoms with van der Waals surface area (Å²) in [4.78, 5) is 12.6. The fourth-order valence-electron chi connectivity index (χ4n) is 4.83. The van der Waals surface area contributed by atoms with Gasteiger partial charge in [-0.2, -0.15) is 5.10 Å². The molecule has 0 saturated carbocycles. The summed E-state index contributed by atoms with van der Waals surface area (Å²) in [5.74, 6) is 0.861. The molecule has 0 bridgehead atoms. The second-order valence-corrected chi connectivity index (χ2v) is 14.3. The number of halogens is 2. The van der Waals surface area contributed by atoms with Gasteiger partial charge in [0.05, 0.1) is 15.2 Å². The van der Waals surface area contributed by atoms with E-state index in [4.69, 9.17) is 4.74 Å². The third-order valence-corrected chi connectivity index (χ3v) is 8.28. The van der Waals surface area contributed by atoms with Crippen molar-refractivity contribution in [3.05, 3.63) is 103 Å². The monoisotopic (exact) mass is 692 g/mol. The lowest BCUT2D eigenvalue weighted by Crippen LogP contribution is -2.20. The number of benzene rings is 4. The zero-order valence-corrected chi connectivity index (χ0v) is 28.2. The van der Waals surface area contributed by atoms with E-state index in [0.717, 1.165) is 36.8 Å². The summed E-state index contributed by atoms with van der Waals surface area (Å²) >= 11 is 7.23. The van der Waals surface area contributed by atoms with Crippen LogP contribution in [0.25, 0.3) is 10.8 Å². The number of carbonyl (C=O) groups is 1. The molecular weight excluding hydrogens is 656 g/mol. The van der Waals surface area contributed by atoms with Crippen molar-refractivity contribution in [2.45, 2.75) is 71.8 Å². The summed E-state index contributed by atoms with van der Waals surface area (Å²) < 4.78 is 7.73. The number of carbonyl (C=O) groups excluding carboxylic acids is 1. The van der Waals surface area contributed by atoms with Gasteiger partial charge in [0, 0.05) is 6.42 Å². The number of nitrogens with zero attached hydrogens (tertiary/aromatic N) is 1. The number of aryl methyl sites for hydroxylation is 1. The van der Waals surface area contributed by atoms with Crippen LogP contribution in [0.1, 0.15) is 75.8 Å². The van der Waals surface area contributed by atoms with Gasteiger partial charge in [-0.3, -0.25) is 4.79 Å². The molecule has 0 radical (unpaired) electrons. The second kappa shape index (κ2) is 13.0. The van der Waals surface area contributed by atoms with E-state index in [0.29, 0.717) is 24.5 Å². The molecular formula is C35H38Br2N2O3. The second-order valence-electron chi connectivity index (χ2n) is 12.6. The topological polar surface area (TPSA) is 70.9 Å². The molecule has 0 aliphatic heterocycles. The largest absolute Gasteiger partial charge is 0.507 e. The number of rotatable bonds is 8. The van der Waals surface area contributed by atoms with Crippen LogP contribution in [0.5, 0.6) is 11.5 Å². The number of nitrogens with one attached hydrogen (secondary N) is 1. The Balaban J connectivity index is 1.38. The summed E-state index contributed by atoms with van der Waals surface area (Å²) in [5, 5.41) is 17.5. The Morgan fingerprint density at radius 1 is 0.905 bits per heavy atom. The van der Waals surface area contributed by atoms with E-state index in [9.17, 15) is 9.90 Å². The minimum absolute atomic E-state index is 0.179. The Morgan fingerprint density at radius 2 is 1.50 bits per heavy atom. The molecule has 4 aromatic carbocycles. The first-order valence-corrected chi connectivity index (χ1v) is 15.6. The number of hydrogen-bond donors (Lipinski definition) is 2. The van der Waals surface area contributed by atoms with Crippen LogP contribution >= 0.6 is 31.9 Å². The predicted molar refractivity (Wildman–Crippen MR) is 180 cm³/mol. The van der Waals surface area contributed by atoms with Crippen LogP contribution in [0.15, 0.2) is 80.8 Å². The van der Waals surface area contributed by atoms with Crippen molar-refractivity contribution in [1.82, 2.24) is 5.43 Å². The highest BCUT2D eigenvalue weighted by Gasteiger charge is 2.26. The van der Waals surface area contributed by atoms with E-state index in [1.165, 1.54) is 10.8 Å². The molecule has 5 nitrogen and oxygen atoms in total. The van der Waals surface area contributed by atoms with Crippen molar-refractivity contribution in [2.24, 2.45) is 5.10 Å². The quantitative estimate of drug-likeness (QED) is 0.143. The lowest BCUT2D eigenvalue weighted by molar-refractivity contribution is -0.121. The summed E-state index contributed by atoms with van der Waals surface area (Å²) in [6.07, 6.45) is 2.44. The van der Waals surface area contributed by atoms with Crippen molar-refractivity contribution in [3.8, 4) is 11.5 Å². The van der Waals surface area contributed by atoms with Crippen LogP contribution < -0.4 is 10.2 Å². The normalized spacial score (nSPS) is 12.2. The highest BCUT2D eigenvalue weighted by atomic mass is 79.9. The van der Waals surface area contributed by atoms with E-state index >= 15 is 0 Å². The van der Waals surface area contributed by atoms with Gasteiger partial charge < -0.3 is 9.84 Å². The molecule has 0 aliphatic carbocycles. The molecule has 7 heteroatoms. The average Bonchev–Trinajstić information content (AvgIpc) is 2.90. The highest BCUT2D eigenvalue weighted by molar-refractivity contribution is 9.11. The van der Waals surface area contributed by atoms with Crippen molar-refractivity contribution in [2.75, 3.05) is 0 Å². The Kier molecular flexibility index (Phi) is 9.84. The van der Waals surface area contributed by atoms with Gasteiger partial charge in [0.15, 0.2) is 0 Å². The smallest absolute Gasteiger partial charge is 0.240 e. The fraction of sp³-hybridized carbons (Fsp3) is 0.314. The summed E-state index contributed by atoms with van der Waals surface area (Å²) in [5.41, 5.74) is 6.92. The van der Waals surface area contributed by atoms with Crippen molar-refractivity contribution in [1.29, 1.82) is 0 Å². The van der Waals surface area contributed by atoms with Gasteiger partial charge in [-0.05, 0) is 99.8 Å². The van der Waals surface area contributed by atoms with Gasteiger partial charge >= 0.3 is 0 Å². The predicted octanol–water partition coefficient (Wildman–Crippen LogP) is 9.33. The van der Waals surface area contributed by atoms with Crippen molar-refractivity contribution in [3.63, 3.8) is 0 Å². The molecule has 0 aromatic heterocycles. The van der Waals surface area contributed by atoms with Crippen LogP contribution in [0.2, 0.25) is 0 Å². The van der Waals surface area contributed by atoms with Crippen LogP contribution in [0.3, 0.4) is 0 Å². The van der Waals surface area contributed by atoms with Crippen LogP contribution in [-0.2, 0) is 28.7 Å². The Labute approximate surface area is 265 Å². The maximum Gasteiger partial charge on any atom is 0.240 e. The Hall–Kier alpha value is -3.16. The molecule has 1 amide bonds. The summed E-state index contributed by atoms with van der Waals surface area (Å²) in [6.45, 7) is 12.9. The highest BCUT2D eigenvalue weighted by Crippen LogP contribution is 2.40. The zero-order chi connectivity index (χ0) is 30.7. The summed E-state index contributed by atoms with van der Waals surface area (Å²) in [6, 6.07) is 22.3. The number of amides is 1. The van der Waals surface area contributed by atoms with E-state index in [1.807, 2.05) is 42.5 Å². The zero-order valence-electron chi connectivity index (χ0n) is 25.0. The number of ether oxygens (including phenoxy) is 1. The lowest BCUT2D eigenvalue weighted by atomic mass is 9.78. The van der Waals surface area contributed by atoms with Crippen LogP contribution in [0.4, 0.5) is 0 Å². The van der Waals surface area contributed by atoms with E-state index < -0.39 is 0 Å². The van der Waals surface area contributed by atoms with Gasteiger partial charge in [0.25, 0.3) is 0 Å². The number of phenols is 1. The molecule has 42 heavy (non-hydrogen) atoms. The van der Waals surface area contributed by atoms with Crippen LogP contribution in [0, 0.1) is 0 Å². The first-order valence-electron chi connectivity index (χ1n) is 14.0. The molecule has 0 fully saturated rings. The molecule has 4 rings (SSSR count). The molecule has 2 N–H and O–H groups in total. The number of fused-ring (bicyclic) bond motifs is 1. The molecule has 220 valence electrons. The van der Waals surface area contributed by atoms with Gasteiger partial charge in [0.2, 0.25) is 5.91 Å². The Morgan fingerprint density at radius 3 is 2.12 bits per heavy atom. The SMILES string of the molecule is CC(C)(C)c1cc(CCC(=O)N/N=C\c2cc(Br)c(OCc3cccc4ccccc34)c(Br)c2)cc(C(C)(C)C)c1O. The summed E-state index contributed by atoms with van der Waals surface area (Å²) in [7, 11) is 0. The van der Waals surface area contributed by atoms with Gasteiger partial charge in [0.1, 0.15) is 18.1 Å². The average molecular weight is 695 g/mol. The van der Waals surface area contributed by atoms with Crippen molar-refractivity contribution >= 4 is 54.8 Å². The molecule has 0 atom stereocenters. The van der Waals surface area contributed by atoms with E-state index in [2.05, 4.69) is 108 Å². The van der Waals surface area contributed by atoms with E-state index in [1.54, 1.807) is 6.21 Å². The standard InChI is InChI=1S/C35H38Br2N2O3/c1-34(2,3)27-16-22(17-28(32(27)41)35(4,5)6)14-15-31(40)39-38-20-23-18-29(36)33(30(37)19-23)42-21-25-12-9-11-24-10-7-8-13-26(24)25/h7-13,16-20,41H,14-15,21H2,1-6H3,(H,39,40)/b38-20-.